The summed E-state index contributed by atoms with van der Waals surface area (Å²) in [6, 6.07) is 19.8. The Bertz CT molecular complexity index is 1030. The molecule has 0 saturated carbocycles. The molecule has 2 aromatic carbocycles. The molecule has 0 spiro atoms. The molecule has 0 unspecified atom stereocenters. The maximum Gasteiger partial charge on any atom is 0.226 e. The number of guanidine groups is 1. The lowest BCUT2D eigenvalue weighted by Gasteiger charge is -2.09. The van der Waals surface area contributed by atoms with Crippen LogP contribution in [0.15, 0.2) is 80.8 Å². The van der Waals surface area contributed by atoms with Crippen molar-refractivity contribution in [3.63, 3.8) is 0 Å². The molecular weight excluding hydrogens is 352 g/mol. The monoisotopic (exact) mass is 374 g/mol. The highest BCUT2D eigenvalue weighted by atomic mass is 16.3. The molecule has 142 valence electrons. The van der Waals surface area contributed by atoms with Gasteiger partial charge in [0.2, 0.25) is 5.89 Å². The predicted molar refractivity (Wildman–Crippen MR) is 110 cm³/mol. The predicted octanol–water partition coefficient (Wildman–Crippen LogP) is 4.34. The molecule has 6 heteroatoms. The van der Waals surface area contributed by atoms with Crippen LogP contribution in [-0.2, 0) is 13.1 Å². The first-order valence-electron chi connectivity index (χ1n) is 9.31. The zero-order chi connectivity index (χ0) is 19.2. The number of aromatic nitrogens is 1. The molecule has 0 atom stereocenters. The molecule has 0 aliphatic heterocycles. The van der Waals surface area contributed by atoms with Gasteiger partial charge >= 0.3 is 0 Å². The molecule has 6 nitrogen and oxygen atoms in total. The van der Waals surface area contributed by atoms with Crippen LogP contribution in [0.25, 0.3) is 22.4 Å². The average Bonchev–Trinajstić information content (AvgIpc) is 3.37. The maximum absolute atomic E-state index is 5.84. The molecular formula is C22H22N4O2. The van der Waals surface area contributed by atoms with Crippen molar-refractivity contribution in [3.8, 4) is 11.5 Å². The fraction of sp³-hybridized carbons (Fsp3) is 0.182. The number of hydrogen-bond donors (Lipinski definition) is 2. The number of hydrogen-bond acceptors (Lipinski definition) is 4. The van der Waals surface area contributed by atoms with Crippen LogP contribution < -0.4 is 10.6 Å². The lowest BCUT2D eigenvalue weighted by Crippen LogP contribution is -2.36. The molecule has 2 heterocycles. The van der Waals surface area contributed by atoms with Gasteiger partial charge in [-0.25, -0.2) is 9.98 Å². The van der Waals surface area contributed by atoms with Crippen molar-refractivity contribution in [2.75, 3.05) is 6.54 Å². The number of para-hydroxylation sites is 1. The van der Waals surface area contributed by atoms with Crippen molar-refractivity contribution in [3.05, 3.63) is 78.4 Å². The highest BCUT2D eigenvalue weighted by molar-refractivity contribution is 5.80. The summed E-state index contributed by atoms with van der Waals surface area (Å²) in [5, 5.41) is 7.62. The number of furan rings is 1. The standard InChI is InChI=1S/C22H22N4O2/c1-2-23-22(25-14-19-12-17-10-6-7-11-20(17)28-19)24-13-18-15-27-21(26-18)16-8-4-3-5-9-16/h3-12,15H,2,13-14H2,1H3,(H2,23,24,25). The van der Waals surface area contributed by atoms with Gasteiger partial charge in [0, 0.05) is 17.5 Å². The first kappa shape index (κ1) is 17.9. The van der Waals surface area contributed by atoms with Gasteiger partial charge in [0.05, 0.1) is 13.1 Å². The quantitative estimate of drug-likeness (QED) is 0.388. The molecule has 0 bridgehead atoms. The molecule has 4 aromatic rings. The molecule has 0 amide bonds. The molecule has 0 radical (unpaired) electrons. The Kier molecular flexibility index (Phi) is 5.38. The lowest BCUT2D eigenvalue weighted by molar-refractivity contribution is 0.538. The van der Waals surface area contributed by atoms with E-state index in [-0.39, 0.29) is 0 Å². The Hall–Kier alpha value is -3.54. The third kappa shape index (κ3) is 4.23. The van der Waals surface area contributed by atoms with E-state index in [1.165, 1.54) is 0 Å². The van der Waals surface area contributed by atoms with Crippen molar-refractivity contribution in [2.24, 2.45) is 4.99 Å². The number of nitrogens with zero attached hydrogens (tertiary/aromatic N) is 2. The van der Waals surface area contributed by atoms with Crippen LogP contribution in [0.2, 0.25) is 0 Å². The highest BCUT2D eigenvalue weighted by Gasteiger charge is 2.07. The normalized spacial score (nSPS) is 11.7. The van der Waals surface area contributed by atoms with Crippen molar-refractivity contribution in [2.45, 2.75) is 20.0 Å². The van der Waals surface area contributed by atoms with Gasteiger partial charge < -0.3 is 19.5 Å². The van der Waals surface area contributed by atoms with Crippen molar-refractivity contribution in [1.29, 1.82) is 0 Å². The highest BCUT2D eigenvalue weighted by Crippen LogP contribution is 2.19. The van der Waals surface area contributed by atoms with Gasteiger partial charge in [-0.15, -0.1) is 0 Å². The fourth-order valence-corrected chi connectivity index (χ4v) is 2.89. The summed E-state index contributed by atoms with van der Waals surface area (Å²) in [6.07, 6.45) is 1.65. The van der Waals surface area contributed by atoms with E-state index < -0.39 is 0 Å². The van der Waals surface area contributed by atoms with Crippen molar-refractivity contribution < 1.29 is 8.83 Å². The number of fused-ring (bicyclic) bond motifs is 1. The number of nitrogens with one attached hydrogen (secondary N) is 2. The SMILES string of the molecule is CCNC(=NCc1coc(-c2ccccc2)n1)NCc1cc2ccccc2o1. The van der Waals surface area contributed by atoms with Crippen LogP contribution in [0, 0.1) is 0 Å². The number of aliphatic imine (C=N–C) groups is 1. The van der Waals surface area contributed by atoms with Crippen LogP contribution in [0.1, 0.15) is 18.4 Å². The Morgan fingerprint density at radius 2 is 1.86 bits per heavy atom. The minimum Gasteiger partial charge on any atom is -0.459 e. The smallest absolute Gasteiger partial charge is 0.226 e. The van der Waals surface area contributed by atoms with E-state index in [2.05, 4.69) is 20.6 Å². The van der Waals surface area contributed by atoms with Gasteiger partial charge in [-0.2, -0.15) is 0 Å². The van der Waals surface area contributed by atoms with E-state index in [1.54, 1.807) is 6.26 Å². The van der Waals surface area contributed by atoms with Gasteiger partial charge in [0.15, 0.2) is 5.96 Å². The van der Waals surface area contributed by atoms with Crippen molar-refractivity contribution >= 4 is 16.9 Å². The second-order valence-electron chi connectivity index (χ2n) is 6.31. The summed E-state index contributed by atoms with van der Waals surface area (Å²) >= 11 is 0. The van der Waals surface area contributed by atoms with Crippen molar-refractivity contribution in [1.82, 2.24) is 15.6 Å². The minimum absolute atomic E-state index is 0.422. The fourth-order valence-electron chi connectivity index (χ4n) is 2.89. The maximum atomic E-state index is 5.84. The van der Waals surface area contributed by atoms with Crippen LogP contribution in [0.4, 0.5) is 0 Å². The zero-order valence-corrected chi connectivity index (χ0v) is 15.7. The molecule has 2 aromatic heterocycles. The van der Waals surface area contributed by atoms with E-state index in [1.807, 2.05) is 67.6 Å². The third-order valence-corrected chi connectivity index (χ3v) is 4.22. The second kappa shape index (κ2) is 8.43. The van der Waals surface area contributed by atoms with E-state index in [0.717, 1.165) is 34.5 Å². The largest absolute Gasteiger partial charge is 0.459 e. The summed E-state index contributed by atoms with van der Waals surface area (Å²) in [4.78, 5) is 9.10. The molecule has 0 aliphatic carbocycles. The Balaban J connectivity index is 1.41. The summed E-state index contributed by atoms with van der Waals surface area (Å²) in [6.45, 7) is 3.77. The molecule has 28 heavy (non-hydrogen) atoms. The van der Waals surface area contributed by atoms with Crippen LogP contribution in [0.5, 0.6) is 0 Å². The molecule has 0 aliphatic rings. The number of rotatable bonds is 6. The molecule has 2 N–H and O–H groups in total. The van der Waals surface area contributed by atoms with E-state index in [4.69, 9.17) is 8.83 Å². The Morgan fingerprint density at radius 1 is 1.04 bits per heavy atom. The van der Waals surface area contributed by atoms with Gasteiger partial charge in [-0.3, -0.25) is 0 Å². The number of oxazole rings is 1. The zero-order valence-electron chi connectivity index (χ0n) is 15.7. The molecule has 4 rings (SSSR count). The van der Waals surface area contributed by atoms with Gasteiger partial charge in [0.25, 0.3) is 0 Å². The van der Waals surface area contributed by atoms with Gasteiger partial charge in [0.1, 0.15) is 23.3 Å². The first-order chi connectivity index (χ1) is 13.8. The summed E-state index contributed by atoms with van der Waals surface area (Å²) in [5.41, 5.74) is 2.62. The van der Waals surface area contributed by atoms with Gasteiger partial charge in [-0.1, -0.05) is 36.4 Å². The van der Waals surface area contributed by atoms with Crippen LogP contribution >= 0.6 is 0 Å². The summed E-state index contributed by atoms with van der Waals surface area (Å²) < 4.78 is 11.4. The van der Waals surface area contributed by atoms with E-state index >= 15 is 0 Å². The number of benzene rings is 2. The minimum atomic E-state index is 0.422. The van der Waals surface area contributed by atoms with E-state index in [9.17, 15) is 0 Å². The summed E-state index contributed by atoms with van der Waals surface area (Å²) in [7, 11) is 0. The third-order valence-electron chi connectivity index (χ3n) is 4.22. The molecule has 0 fully saturated rings. The lowest BCUT2D eigenvalue weighted by atomic mass is 10.2. The topological polar surface area (TPSA) is 75.6 Å². The summed E-state index contributed by atoms with van der Waals surface area (Å²) in [5.74, 6) is 2.16. The first-order valence-corrected chi connectivity index (χ1v) is 9.31. The average molecular weight is 374 g/mol. The Labute approximate surface area is 163 Å². The van der Waals surface area contributed by atoms with Gasteiger partial charge in [-0.05, 0) is 31.2 Å². The van der Waals surface area contributed by atoms with Crippen LogP contribution in [-0.4, -0.2) is 17.5 Å². The van der Waals surface area contributed by atoms with Crippen LogP contribution in [0.3, 0.4) is 0 Å². The van der Waals surface area contributed by atoms with E-state index in [0.29, 0.717) is 24.9 Å². The Morgan fingerprint density at radius 3 is 2.68 bits per heavy atom. The molecule has 0 saturated heterocycles. The second-order valence-corrected chi connectivity index (χ2v) is 6.31.